The summed E-state index contributed by atoms with van der Waals surface area (Å²) in [5.74, 6) is 2.85. The van der Waals surface area contributed by atoms with Gasteiger partial charge in [0.25, 0.3) is 5.91 Å². The molecule has 0 aromatic carbocycles. The van der Waals surface area contributed by atoms with Gasteiger partial charge in [-0.3, -0.25) is 4.79 Å². The molecule has 0 bridgehead atoms. The molecular formula is C17H20N2O2S2. The minimum Gasteiger partial charge on any atom is -0.463 e. The number of nitrogens with zero attached hydrogens (tertiary/aromatic N) is 2. The van der Waals surface area contributed by atoms with Crippen LogP contribution in [-0.4, -0.2) is 28.1 Å². The zero-order chi connectivity index (χ0) is 16.2. The summed E-state index contributed by atoms with van der Waals surface area (Å²) in [6.45, 7) is 4.32. The van der Waals surface area contributed by atoms with Gasteiger partial charge in [0.15, 0.2) is 0 Å². The van der Waals surface area contributed by atoms with Gasteiger partial charge in [0.05, 0.1) is 18.1 Å². The largest absolute Gasteiger partial charge is 0.463 e. The Labute approximate surface area is 144 Å². The molecule has 0 aliphatic carbocycles. The SMILES string of the molecule is CC(C)CSCC(=O)N1N=C(c2ccco2)CC1c1cccs1. The molecule has 6 heteroatoms. The van der Waals surface area contributed by atoms with E-state index >= 15 is 0 Å². The van der Waals surface area contributed by atoms with E-state index in [4.69, 9.17) is 4.42 Å². The van der Waals surface area contributed by atoms with Crippen LogP contribution in [0.2, 0.25) is 0 Å². The average molecular weight is 348 g/mol. The van der Waals surface area contributed by atoms with Crippen molar-refractivity contribution >= 4 is 34.7 Å². The fourth-order valence-corrected chi connectivity index (χ4v) is 4.19. The van der Waals surface area contributed by atoms with Crippen LogP contribution in [0.15, 0.2) is 45.4 Å². The third-order valence-electron chi connectivity index (χ3n) is 3.52. The lowest BCUT2D eigenvalue weighted by Gasteiger charge is -2.20. The van der Waals surface area contributed by atoms with Crippen molar-refractivity contribution in [2.45, 2.75) is 26.3 Å². The maximum atomic E-state index is 12.6. The maximum Gasteiger partial charge on any atom is 0.253 e. The van der Waals surface area contributed by atoms with E-state index in [1.54, 1.807) is 34.4 Å². The standard InChI is InChI=1S/C17H20N2O2S2/c1-12(2)10-22-11-17(20)19-14(16-6-4-8-23-16)9-13(18-19)15-5-3-7-21-15/h3-8,12,14H,9-11H2,1-2H3. The van der Waals surface area contributed by atoms with Gasteiger partial charge in [0, 0.05) is 11.3 Å². The summed E-state index contributed by atoms with van der Waals surface area (Å²) in [6.07, 6.45) is 2.34. The molecule has 1 amide bonds. The first kappa shape index (κ1) is 16.3. The van der Waals surface area contributed by atoms with E-state index in [9.17, 15) is 4.79 Å². The highest BCUT2D eigenvalue weighted by molar-refractivity contribution is 7.99. The minimum atomic E-state index is -0.0118. The lowest BCUT2D eigenvalue weighted by Crippen LogP contribution is -2.28. The third-order valence-corrected chi connectivity index (χ3v) is 5.85. The number of hydrazone groups is 1. The second-order valence-electron chi connectivity index (χ2n) is 5.91. The summed E-state index contributed by atoms with van der Waals surface area (Å²) in [7, 11) is 0. The van der Waals surface area contributed by atoms with Crippen molar-refractivity contribution in [1.82, 2.24) is 5.01 Å². The van der Waals surface area contributed by atoms with Crippen LogP contribution in [0.5, 0.6) is 0 Å². The number of thioether (sulfide) groups is 1. The zero-order valence-electron chi connectivity index (χ0n) is 13.3. The summed E-state index contributed by atoms with van der Waals surface area (Å²) in [4.78, 5) is 13.8. The predicted octanol–water partition coefficient (Wildman–Crippen LogP) is 4.41. The van der Waals surface area contributed by atoms with E-state index in [2.05, 4.69) is 25.0 Å². The van der Waals surface area contributed by atoms with Crippen LogP contribution in [0.1, 0.15) is 36.9 Å². The smallest absolute Gasteiger partial charge is 0.253 e. The fourth-order valence-electron chi connectivity index (χ4n) is 2.48. The number of hydrogen-bond donors (Lipinski definition) is 0. The van der Waals surface area contributed by atoms with Crippen LogP contribution >= 0.6 is 23.1 Å². The second-order valence-corrected chi connectivity index (χ2v) is 7.92. The highest BCUT2D eigenvalue weighted by Gasteiger charge is 2.34. The van der Waals surface area contributed by atoms with Gasteiger partial charge in [-0.25, -0.2) is 5.01 Å². The van der Waals surface area contributed by atoms with Crippen molar-refractivity contribution < 1.29 is 9.21 Å². The Balaban J connectivity index is 1.76. The predicted molar refractivity (Wildman–Crippen MR) is 95.9 cm³/mol. The minimum absolute atomic E-state index is 0.0118. The van der Waals surface area contributed by atoms with Crippen molar-refractivity contribution in [1.29, 1.82) is 0 Å². The van der Waals surface area contributed by atoms with Gasteiger partial charge >= 0.3 is 0 Å². The van der Waals surface area contributed by atoms with Crippen LogP contribution in [0.4, 0.5) is 0 Å². The molecule has 0 radical (unpaired) electrons. The van der Waals surface area contributed by atoms with Crippen molar-refractivity contribution in [3.05, 3.63) is 46.5 Å². The Kier molecular flexibility index (Phi) is 5.23. The molecule has 2 aromatic heterocycles. The van der Waals surface area contributed by atoms with Crippen LogP contribution in [0.3, 0.4) is 0 Å². The monoisotopic (exact) mass is 348 g/mol. The lowest BCUT2D eigenvalue weighted by atomic mass is 10.1. The Morgan fingerprint density at radius 2 is 2.35 bits per heavy atom. The first-order valence-corrected chi connectivity index (χ1v) is 9.73. The molecule has 3 rings (SSSR count). The van der Waals surface area contributed by atoms with E-state index in [0.717, 1.165) is 22.1 Å². The van der Waals surface area contributed by atoms with Crippen LogP contribution < -0.4 is 0 Å². The molecule has 0 saturated heterocycles. The van der Waals surface area contributed by atoms with Crippen LogP contribution in [0.25, 0.3) is 0 Å². The summed E-state index contributed by atoms with van der Waals surface area (Å²) in [5, 5.41) is 8.25. The highest BCUT2D eigenvalue weighted by Crippen LogP contribution is 2.35. The van der Waals surface area contributed by atoms with Gasteiger partial charge in [-0.15, -0.1) is 11.3 Å². The molecule has 0 fully saturated rings. The average Bonchev–Trinajstić information content (AvgIpc) is 3.26. The van der Waals surface area contributed by atoms with Gasteiger partial charge in [-0.1, -0.05) is 19.9 Å². The van der Waals surface area contributed by atoms with E-state index in [1.807, 2.05) is 23.6 Å². The molecule has 2 aromatic rings. The van der Waals surface area contributed by atoms with Gasteiger partial charge in [-0.2, -0.15) is 16.9 Å². The number of furan rings is 1. The third kappa shape index (κ3) is 3.87. The molecule has 1 unspecified atom stereocenters. The molecule has 1 aliphatic rings. The van der Waals surface area contributed by atoms with Gasteiger partial charge < -0.3 is 4.42 Å². The molecule has 3 heterocycles. The first-order chi connectivity index (χ1) is 11.1. The number of amides is 1. The van der Waals surface area contributed by atoms with Gasteiger partial charge in [0.1, 0.15) is 11.5 Å². The van der Waals surface area contributed by atoms with Crippen molar-refractivity contribution in [3.8, 4) is 0 Å². The number of rotatable bonds is 6. The lowest BCUT2D eigenvalue weighted by molar-refractivity contribution is -0.130. The van der Waals surface area contributed by atoms with E-state index in [-0.39, 0.29) is 11.9 Å². The normalized spacial score (nSPS) is 17.8. The van der Waals surface area contributed by atoms with Crippen molar-refractivity contribution in [2.24, 2.45) is 11.0 Å². The number of hydrogen-bond acceptors (Lipinski definition) is 5. The molecule has 23 heavy (non-hydrogen) atoms. The first-order valence-electron chi connectivity index (χ1n) is 7.69. The summed E-state index contributed by atoms with van der Waals surface area (Å²) < 4.78 is 5.45. The van der Waals surface area contributed by atoms with Gasteiger partial charge in [0.2, 0.25) is 0 Å². The Hall–Kier alpha value is -1.53. The summed E-state index contributed by atoms with van der Waals surface area (Å²) in [6, 6.07) is 7.81. The Bertz CT molecular complexity index is 663. The molecular weight excluding hydrogens is 328 g/mol. The van der Waals surface area contributed by atoms with Crippen molar-refractivity contribution in [2.75, 3.05) is 11.5 Å². The summed E-state index contributed by atoms with van der Waals surface area (Å²) >= 11 is 3.34. The molecule has 1 atom stereocenters. The Morgan fingerprint density at radius 1 is 1.48 bits per heavy atom. The van der Waals surface area contributed by atoms with E-state index < -0.39 is 0 Å². The van der Waals surface area contributed by atoms with Gasteiger partial charge in [-0.05, 0) is 35.2 Å². The van der Waals surface area contributed by atoms with Crippen LogP contribution in [0, 0.1) is 5.92 Å². The molecule has 1 aliphatic heterocycles. The van der Waals surface area contributed by atoms with Crippen LogP contribution in [-0.2, 0) is 4.79 Å². The maximum absolute atomic E-state index is 12.6. The van der Waals surface area contributed by atoms with E-state index in [0.29, 0.717) is 18.1 Å². The molecule has 0 N–H and O–H groups in total. The van der Waals surface area contributed by atoms with E-state index in [1.165, 1.54) is 0 Å². The summed E-state index contributed by atoms with van der Waals surface area (Å²) in [5.41, 5.74) is 0.843. The second kappa shape index (κ2) is 7.36. The Morgan fingerprint density at radius 3 is 3.00 bits per heavy atom. The molecule has 122 valence electrons. The quantitative estimate of drug-likeness (QED) is 0.777. The van der Waals surface area contributed by atoms with Crippen molar-refractivity contribution in [3.63, 3.8) is 0 Å². The fraction of sp³-hybridized carbons (Fsp3) is 0.412. The number of thiophene rings is 1. The number of carbonyl (C=O) groups excluding carboxylic acids is 1. The molecule has 0 spiro atoms. The molecule has 0 saturated carbocycles. The molecule has 4 nitrogen and oxygen atoms in total. The zero-order valence-corrected chi connectivity index (χ0v) is 14.9. The topological polar surface area (TPSA) is 45.8 Å². The number of carbonyl (C=O) groups is 1. The highest BCUT2D eigenvalue weighted by atomic mass is 32.2.